The largest absolute Gasteiger partial charge is 0.481 e. The highest BCUT2D eigenvalue weighted by Gasteiger charge is 2.43. The first kappa shape index (κ1) is 21.1. The minimum absolute atomic E-state index is 0.0384. The highest BCUT2D eigenvalue weighted by molar-refractivity contribution is 7.14. The second-order valence-electron chi connectivity index (χ2n) is 8.14. The Morgan fingerprint density at radius 3 is 2.36 bits per heavy atom. The molecule has 1 saturated carbocycles. The van der Waals surface area contributed by atoms with Crippen LogP contribution in [0.2, 0.25) is 0 Å². The fourth-order valence-electron chi connectivity index (χ4n) is 4.25. The van der Waals surface area contributed by atoms with E-state index in [0.29, 0.717) is 13.0 Å². The molecule has 2 aliphatic rings. The molecule has 2 amide bonds. The zero-order valence-electron chi connectivity index (χ0n) is 17.5. The van der Waals surface area contributed by atoms with Crippen LogP contribution < -0.4 is 10.6 Å². The van der Waals surface area contributed by atoms with Crippen molar-refractivity contribution in [1.29, 1.82) is 0 Å². The Bertz CT molecular complexity index is 1190. The van der Waals surface area contributed by atoms with Gasteiger partial charge in [-0.3, -0.25) is 14.9 Å². The first-order valence-electron chi connectivity index (χ1n) is 10.6. The van der Waals surface area contributed by atoms with Crippen LogP contribution in [0.5, 0.6) is 0 Å². The van der Waals surface area contributed by atoms with Crippen LogP contribution in [-0.4, -0.2) is 41.2 Å². The molecule has 33 heavy (non-hydrogen) atoms. The van der Waals surface area contributed by atoms with Gasteiger partial charge in [0.2, 0.25) is 0 Å². The lowest BCUT2D eigenvalue weighted by Crippen LogP contribution is -2.26. The maximum absolute atomic E-state index is 12.4. The number of carbonyl (C=O) groups is 3. The van der Waals surface area contributed by atoms with E-state index in [2.05, 4.69) is 27.8 Å². The van der Waals surface area contributed by atoms with Crippen molar-refractivity contribution in [2.24, 2.45) is 11.8 Å². The minimum atomic E-state index is -0.836. The number of nitrogens with zero attached hydrogens (tertiary/aromatic N) is 1. The maximum atomic E-state index is 12.4. The number of hydrogen-bond acceptors (Lipinski definition) is 6. The summed E-state index contributed by atoms with van der Waals surface area (Å²) in [6.45, 7) is 0.479. The second-order valence-corrected chi connectivity index (χ2v) is 9.00. The summed E-state index contributed by atoms with van der Waals surface area (Å²) >= 11 is 1.12. The van der Waals surface area contributed by atoms with Crippen molar-refractivity contribution in [2.45, 2.75) is 12.3 Å². The van der Waals surface area contributed by atoms with Gasteiger partial charge in [-0.05, 0) is 34.6 Å². The van der Waals surface area contributed by atoms with Crippen LogP contribution in [0, 0.1) is 11.8 Å². The van der Waals surface area contributed by atoms with E-state index < -0.39 is 18.0 Å². The number of amides is 2. The molecule has 1 fully saturated rings. The van der Waals surface area contributed by atoms with E-state index in [1.165, 1.54) is 5.38 Å². The van der Waals surface area contributed by atoms with E-state index in [1.54, 1.807) is 0 Å². The minimum Gasteiger partial charge on any atom is -0.481 e. The molecule has 9 heteroatoms. The third kappa shape index (κ3) is 4.31. The van der Waals surface area contributed by atoms with Gasteiger partial charge in [0.1, 0.15) is 12.3 Å². The summed E-state index contributed by atoms with van der Waals surface area (Å²) in [4.78, 5) is 39.6. The fraction of sp³-hybridized carbons (Fsp3) is 0.250. The first-order valence-corrected chi connectivity index (χ1v) is 11.5. The molecule has 5 rings (SSSR count). The molecule has 2 aromatic carbocycles. The number of thiazole rings is 1. The Kier molecular flexibility index (Phi) is 5.55. The number of nitrogens with one attached hydrogen (secondary N) is 2. The van der Waals surface area contributed by atoms with Crippen LogP contribution in [0.25, 0.3) is 11.1 Å². The van der Waals surface area contributed by atoms with Crippen molar-refractivity contribution in [3.63, 3.8) is 0 Å². The van der Waals surface area contributed by atoms with Crippen LogP contribution in [-0.2, 0) is 9.53 Å². The molecule has 3 N–H and O–H groups in total. The Balaban J connectivity index is 1.15. The van der Waals surface area contributed by atoms with Crippen molar-refractivity contribution in [3.05, 3.63) is 70.7 Å². The highest BCUT2D eigenvalue weighted by Crippen LogP contribution is 2.44. The lowest BCUT2D eigenvalue weighted by Gasteiger charge is -2.14. The smallest absolute Gasteiger partial charge is 0.413 e. The van der Waals surface area contributed by atoms with Crippen molar-refractivity contribution >= 4 is 34.4 Å². The van der Waals surface area contributed by atoms with Gasteiger partial charge < -0.3 is 15.2 Å². The molecule has 0 saturated heterocycles. The summed E-state index contributed by atoms with van der Waals surface area (Å²) < 4.78 is 5.50. The van der Waals surface area contributed by atoms with Gasteiger partial charge >= 0.3 is 12.1 Å². The highest BCUT2D eigenvalue weighted by atomic mass is 32.1. The molecule has 3 aromatic rings. The van der Waals surface area contributed by atoms with Crippen LogP contribution in [0.3, 0.4) is 0 Å². The summed E-state index contributed by atoms with van der Waals surface area (Å²) in [5, 5.41) is 16.0. The number of ether oxygens (including phenoxy) is 1. The van der Waals surface area contributed by atoms with Gasteiger partial charge in [0.25, 0.3) is 5.91 Å². The summed E-state index contributed by atoms with van der Waals surface area (Å²) in [5.41, 5.74) is 4.72. The monoisotopic (exact) mass is 463 g/mol. The van der Waals surface area contributed by atoms with Crippen LogP contribution in [0.1, 0.15) is 34.0 Å². The molecular formula is C24H21N3O5S. The van der Waals surface area contributed by atoms with E-state index in [0.717, 1.165) is 33.6 Å². The number of anilines is 1. The number of aromatic nitrogens is 1. The predicted octanol–water partition coefficient (Wildman–Crippen LogP) is 3.95. The van der Waals surface area contributed by atoms with Gasteiger partial charge in [0.15, 0.2) is 5.13 Å². The normalized spacial score (nSPS) is 18.2. The zero-order chi connectivity index (χ0) is 22.9. The molecule has 0 aliphatic heterocycles. The van der Waals surface area contributed by atoms with Gasteiger partial charge in [-0.25, -0.2) is 9.78 Å². The number of benzene rings is 2. The first-order chi connectivity index (χ1) is 16.0. The van der Waals surface area contributed by atoms with E-state index >= 15 is 0 Å². The number of carbonyl (C=O) groups excluding carboxylic acids is 2. The number of carboxylic acids is 1. The molecule has 2 aliphatic carbocycles. The van der Waals surface area contributed by atoms with E-state index in [1.807, 2.05) is 36.4 Å². The quantitative estimate of drug-likeness (QED) is 0.488. The zero-order valence-corrected chi connectivity index (χ0v) is 18.3. The number of carboxylic acid groups (broad SMARTS) is 1. The third-order valence-electron chi connectivity index (χ3n) is 6.05. The molecule has 1 aromatic heterocycles. The van der Waals surface area contributed by atoms with Gasteiger partial charge in [0.05, 0.1) is 5.92 Å². The van der Waals surface area contributed by atoms with Gasteiger partial charge in [-0.2, -0.15) is 0 Å². The van der Waals surface area contributed by atoms with Crippen molar-refractivity contribution in [1.82, 2.24) is 10.3 Å². The predicted molar refractivity (Wildman–Crippen MR) is 122 cm³/mol. The summed E-state index contributed by atoms with van der Waals surface area (Å²) in [6, 6.07) is 16.2. The molecule has 0 radical (unpaired) electrons. The molecule has 168 valence electrons. The summed E-state index contributed by atoms with van der Waals surface area (Å²) in [5.74, 6) is -1.70. The SMILES string of the molecule is O=C(Nc1nc(C(=O)NC[C@H]2C[C@H]2C(=O)O)cs1)OCC1c2ccccc2-c2ccccc21. The maximum Gasteiger partial charge on any atom is 0.413 e. The van der Waals surface area contributed by atoms with E-state index in [-0.39, 0.29) is 35.2 Å². The Hall–Kier alpha value is -3.72. The average molecular weight is 464 g/mol. The molecular weight excluding hydrogens is 442 g/mol. The standard InChI is InChI=1S/C24H21N3O5S/c28-21(25-10-13-9-18(13)22(29)30)20-12-33-23(26-20)27-24(31)32-11-19-16-7-3-1-5-14(16)15-6-2-4-8-17(15)19/h1-8,12-13,18-19H,9-11H2,(H,25,28)(H,29,30)(H,26,27,31)/t13-,18-/m1/s1. The topological polar surface area (TPSA) is 118 Å². The van der Waals surface area contributed by atoms with Crippen molar-refractivity contribution < 1.29 is 24.2 Å². The third-order valence-corrected chi connectivity index (χ3v) is 6.81. The molecule has 1 heterocycles. The molecule has 2 atom stereocenters. The van der Waals surface area contributed by atoms with E-state index in [9.17, 15) is 14.4 Å². The van der Waals surface area contributed by atoms with Crippen LogP contribution in [0.15, 0.2) is 53.9 Å². The summed E-state index contributed by atoms with van der Waals surface area (Å²) in [7, 11) is 0. The fourth-order valence-corrected chi connectivity index (χ4v) is 4.92. The second kappa shape index (κ2) is 8.67. The molecule has 0 unspecified atom stereocenters. The Morgan fingerprint density at radius 1 is 1.06 bits per heavy atom. The molecule has 8 nitrogen and oxygen atoms in total. The number of aliphatic carboxylic acids is 1. The van der Waals surface area contributed by atoms with E-state index in [4.69, 9.17) is 9.84 Å². The number of fused-ring (bicyclic) bond motifs is 3. The van der Waals surface area contributed by atoms with Gasteiger partial charge in [0, 0.05) is 17.8 Å². The number of hydrogen-bond donors (Lipinski definition) is 3. The average Bonchev–Trinajstić information content (AvgIpc) is 3.35. The lowest BCUT2D eigenvalue weighted by atomic mass is 9.98. The van der Waals surface area contributed by atoms with Gasteiger partial charge in [-0.1, -0.05) is 48.5 Å². The van der Waals surface area contributed by atoms with Crippen molar-refractivity contribution in [2.75, 3.05) is 18.5 Å². The summed E-state index contributed by atoms with van der Waals surface area (Å²) in [6.07, 6.45) is -0.0678. The van der Waals surface area contributed by atoms with Gasteiger partial charge in [-0.15, -0.1) is 11.3 Å². The van der Waals surface area contributed by atoms with Crippen LogP contribution >= 0.6 is 11.3 Å². The molecule has 0 spiro atoms. The van der Waals surface area contributed by atoms with Crippen LogP contribution in [0.4, 0.5) is 9.93 Å². The van der Waals surface area contributed by atoms with Crippen molar-refractivity contribution in [3.8, 4) is 11.1 Å². The Labute approximate surface area is 193 Å². The number of rotatable bonds is 7. The lowest BCUT2D eigenvalue weighted by molar-refractivity contribution is -0.138. The molecule has 0 bridgehead atoms. The Morgan fingerprint density at radius 2 is 1.73 bits per heavy atom.